The lowest BCUT2D eigenvalue weighted by atomic mass is 10.2. The van der Waals surface area contributed by atoms with Crippen LogP contribution in [-0.2, 0) is 0 Å². The number of nitrogens with one attached hydrogen (secondary N) is 1. The van der Waals surface area contributed by atoms with Gasteiger partial charge in [-0.15, -0.1) is 22.7 Å². The maximum Gasteiger partial charge on any atom is 0.259 e. The van der Waals surface area contributed by atoms with Gasteiger partial charge in [0.2, 0.25) is 0 Å². The molecule has 0 aliphatic heterocycles. The third-order valence-electron chi connectivity index (χ3n) is 3.47. The van der Waals surface area contributed by atoms with Crippen molar-refractivity contribution in [2.75, 3.05) is 5.32 Å². The smallest absolute Gasteiger partial charge is 0.259 e. The number of pyridine rings is 1. The van der Waals surface area contributed by atoms with Crippen molar-refractivity contribution in [3.05, 3.63) is 64.7 Å². The number of hydrogen-bond donors (Lipinski definition) is 1. The van der Waals surface area contributed by atoms with Crippen LogP contribution in [-0.4, -0.2) is 25.7 Å². The molecule has 0 saturated carbocycles. The van der Waals surface area contributed by atoms with Crippen molar-refractivity contribution in [3.63, 3.8) is 0 Å². The molecule has 4 aromatic heterocycles. The van der Waals surface area contributed by atoms with Gasteiger partial charge < -0.3 is 0 Å². The highest BCUT2D eigenvalue weighted by molar-refractivity contribution is 7.17. The largest absolute Gasteiger partial charge is 0.298 e. The Balaban J connectivity index is 1.48. The monoisotopic (exact) mass is 367 g/mol. The van der Waals surface area contributed by atoms with Crippen molar-refractivity contribution >= 4 is 33.7 Å². The van der Waals surface area contributed by atoms with Gasteiger partial charge in [-0.05, 0) is 37.3 Å². The Labute approximate surface area is 151 Å². The molecule has 0 aliphatic carbocycles. The molecular weight excluding hydrogens is 354 g/mol. The van der Waals surface area contributed by atoms with Gasteiger partial charge in [-0.2, -0.15) is 5.10 Å². The average molecular weight is 367 g/mol. The Morgan fingerprint density at radius 2 is 2.16 bits per heavy atom. The summed E-state index contributed by atoms with van der Waals surface area (Å²) < 4.78 is 1.64. The lowest BCUT2D eigenvalue weighted by Crippen LogP contribution is -2.12. The quantitative estimate of drug-likeness (QED) is 0.591. The third kappa shape index (κ3) is 3.35. The summed E-state index contributed by atoms with van der Waals surface area (Å²) >= 11 is 3.09. The summed E-state index contributed by atoms with van der Waals surface area (Å²) in [4.78, 5) is 23.4. The van der Waals surface area contributed by atoms with Crippen LogP contribution in [0.4, 0.5) is 5.13 Å². The van der Waals surface area contributed by atoms with Crippen LogP contribution >= 0.6 is 22.7 Å². The van der Waals surface area contributed by atoms with Gasteiger partial charge in [-0.3, -0.25) is 10.1 Å². The molecule has 1 amide bonds. The molecule has 0 atom stereocenters. The number of thiophene rings is 1. The fourth-order valence-electron chi connectivity index (χ4n) is 2.25. The molecule has 0 aromatic carbocycles. The lowest BCUT2D eigenvalue weighted by Gasteiger charge is -2.03. The van der Waals surface area contributed by atoms with E-state index in [1.807, 2.05) is 17.5 Å². The van der Waals surface area contributed by atoms with Gasteiger partial charge in [0.15, 0.2) is 10.9 Å². The summed E-state index contributed by atoms with van der Waals surface area (Å²) in [6, 6.07) is 9.39. The van der Waals surface area contributed by atoms with Crippen molar-refractivity contribution in [3.8, 4) is 16.4 Å². The maximum atomic E-state index is 12.4. The minimum Gasteiger partial charge on any atom is -0.298 e. The molecule has 0 spiro atoms. The van der Waals surface area contributed by atoms with E-state index < -0.39 is 0 Å². The van der Waals surface area contributed by atoms with E-state index in [1.165, 1.54) is 22.4 Å². The minimum absolute atomic E-state index is 0.234. The normalized spacial score (nSPS) is 10.8. The number of carbonyl (C=O) groups is 1. The molecule has 124 valence electrons. The van der Waals surface area contributed by atoms with E-state index >= 15 is 0 Å². The summed E-state index contributed by atoms with van der Waals surface area (Å²) in [5.74, 6) is 0.425. The third-order valence-corrected chi connectivity index (χ3v) is 5.25. The Bertz CT molecular complexity index is 1000. The molecule has 0 fully saturated rings. The van der Waals surface area contributed by atoms with Gasteiger partial charge in [-0.25, -0.2) is 14.6 Å². The van der Waals surface area contributed by atoms with Crippen LogP contribution in [0.3, 0.4) is 0 Å². The van der Waals surface area contributed by atoms with E-state index in [0.29, 0.717) is 16.5 Å². The van der Waals surface area contributed by atoms with E-state index in [0.717, 1.165) is 10.6 Å². The number of hydrogen-bond acceptors (Lipinski definition) is 6. The first kappa shape index (κ1) is 15.7. The fraction of sp³-hybridized carbons (Fsp3) is 0.0588. The molecule has 0 unspecified atom stereocenters. The van der Waals surface area contributed by atoms with Crippen LogP contribution in [0.2, 0.25) is 0 Å². The Kier molecular flexibility index (Phi) is 4.12. The number of carbonyl (C=O) groups excluding carboxylic acids is 1. The van der Waals surface area contributed by atoms with Crippen LogP contribution in [0.5, 0.6) is 0 Å². The van der Waals surface area contributed by atoms with Crippen LogP contribution < -0.4 is 5.32 Å². The van der Waals surface area contributed by atoms with Crippen molar-refractivity contribution in [2.24, 2.45) is 0 Å². The van der Waals surface area contributed by atoms with Gasteiger partial charge in [0.05, 0.1) is 16.1 Å². The van der Waals surface area contributed by atoms with Gasteiger partial charge in [-0.1, -0.05) is 0 Å². The molecule has 25 heavy (non-hydrogen) atoms. The number of nitrogens with zero attached hydrogens (tertiary/aromatic N) is 4. The van der Waals surface area contributed by atoms with E-state index in [-0.39, 0.29) is 5.91 Å². The summed E-state index contributed by atoms with van der Waals surface area (Å²) in [7, 11) is 0. The highest BCUT2D eigenvalue weighted by Crippen LogP contribution is 2.30. The highest BCUT2D eigenvalue weighted by atomic mass is 32.1. The molecule has 6 nitrogen and oxygen atoms in total. The van der Waals surface area contributed by atoms with Gasteiger partial charge in [0.25, 0.3) is 5.91 Å². The second kappa shape index (κ2) is 6.58. The zero-order valence-corrected chi connectivity index (χ0v) is 14.8. The summed E-state index contributed by atoms with van der Waals surface area (Å²) in [6.07, 6.45) is 5.01. The van der Waals surface area contributed by atoms with Crippen molar-refractivity contribution in [1.82, 2.24) is 19.7 Å². The summed E-state index contributed by atoms with van der Waals surface area (Å²) in [5, 5.41) is 9.44. The zero-order chi connectivity index (χ0) is 17.2. The predicted octanol–water partition coefficient (Wildman–Crippen LogP) is 4.01. The van der Waals surface area contributed by atoms with Crippen LogP contribution in [0.15, 0.2) is 54.3 Å². The SMILES string of the molecule is Cc1ccc(-c2csc(NC(=O)c3ccc(-n4cccn4)nc3)n2)s1. The first-order chi connectivity index (χ1) is 12.2. The predicted molar refractivity (Wildman–Crippen MR) is 99.5 cm³/mol. The lowest BCUT2D eigenvalue weighted by molar-refractivity contribution is 0.102. The first-order valence-corrected chi connectivity index (χ1v) is 9.18. The molecule has 0 aliphatic rings. The molecule has 0 bridgehead atoms. The van der Waals surface area contributed by atoms with Crippen molar-refractivity contribution in [1.29, 1.82) is 0 Å². The topological polar surface area (TPSA) is 72.7 Å². The Morgan fingerprint density at radius 3 is 2.84 bits per heavy atom. The summed E-state index contributed by atoms with van der Waals surface area (Å²) in [5.41, 5.74) is 1.35. The van der Waals surface area contributed by atoms with E-state index in [4.69, 9.17) is 0 Å². The standard InChI is InChI=1S/C17H13N5OS2/c1-11-3-5-14(25-11)13-10-24-17(20-13)21-16(23)12-4-6-15(18-9-12)22-8-2-7-19-22/h2-10H,1H3,(H,20,21,23). The minimum atomic E-state index is -0.234. The zero-order valence-electron chi connectivity index (χ0n) is 13.2. The molecule has 4 heterocycles. The van der Waals surface area contributed by atoms with Gasteiger partial charge in [0.1, 0.15) is 0 Å². The number of rotatable bonds is 4. The molecule has 0 saturated heterocycles. The van der Waals surface area contributed by atoms with Gasteiger partial charge in [0, 0.05) is 28.8 Å². The molecular formula is C17H13N5OS2. The summed E-state index contributed by atoms with van der Waals surface area (Å²) in [6.45, 7) is 2.06. The number of thiazole rings is 1. The molecule has 4 aromatic rings. The fourth-order valence-corrected chi connectivity index (χ4v) is 3.85. The Morgan fingerprint density at radius 1 is 1.24 bits per heavy atom. The number of aromatic nitrogens is 4. The van der Waals surface area contributed by atoms with Crippen molar-refractivity contribution in [2.45, 2.75) is 6.92 Å². The highest BCUT2D eigenvalue weighted by Gasteiger charge is 2.11. The number of amides is 1. The molecule has 1 N–H and O–H groups in total. The number of anilines is 1. The maximum absolute atomic E-state index is 12.4. The van der Waals surface area contributed by atoms with E-state index in [9.17, 15) is 4.79 Å². The van der Waals surface area contributed by atoms with E-state index in [1.54, 1.807) is 40.5 Å². The van der Waals surface area contributed by atoms with Gasteiger partial charge >= 0.3 is 0 Å². The van der Waals surface area contributed by atoms with Crippen LogP contribution in [0, 0.1) is 6.92 Å². The Hall–Kier alpha value is -2.84. The molecule has 8 heteroatoms. The number of aryl methyl sites for hydroxylation is 1. The van der Waals surface area contributed by atoms with Crippen LogP contribution in [0.1, 0.15) is 15.2 Å². The first-order valence-electron chi connectivity index (χ1n) is 7.49. The van der Waals surface area contributed by atoms with Crippen molar-refractivity contribution < 1.29 is 4.79 Å². The van der Waals surface area contributed by atoms with Crippen LogP contribution in [0.25, 0.3) is 16.4 Å². The average Bonchev–Trinajstić information content (AvgIpc) is 3.36. The molecule has 4 rings (SSSR count). The second-order valence-electron chi connectivity index (χ2n) is 5.26. The molecule has 0 radical (unpaired) electrons. The second-order valence-corrected chi connectivity index (χ2v) is 7.40. The van der Waals surface area contributed by atoms with E-state index in [2.05, 4.69) is 33.4 Å².